The van der Waals surface area contributed by atoms with E-state index in [0.29, 0.717) is 0 Å². The third kappa shape index (κ3) is 4.14. The van der Waals surface area contributed by atoms with Gasteiger partial charge in [0.15, 0.2) is 0 Å². The summed E-state index contributed by atoms with van der Waals surface area (Å²) in [4.78, 5) is 0. The van der Waals surface area contributed by atoms with E-state index in [9.17, 15) is 0 Å². The van der Waals surface area contributed by atoms with Gasteiger partial charge in [0.25, 0.3) is 0 Å². The molecule has 0 atom stereocenters. The van der Waals surface area contributed by atoms with Crippen LogP contribution in [0.2, 0.25) is 0 Å². The van der Waals surface area contributed by atoms with Gasteiger partial charge in [0.2, 0.25) is 0 Å². The molecule has 0 unspecified atom stereocenters. The summed E-state index contributed by atoms with van der Waals surface area (Å²) in [5.41, 5.74) is 12.4. The van der Waals surface area contributed by atoms with Crippen molar-refractivity contribution in [2.75, 3.05) is 0 Å². The summed E-state index contributed by atoms with van der Waals surface area (Å²) in [5, 5.41) is 18.5. The highest BCUT2D eigenvalue weighted by Gasteiger charge is 2.45. The first-order chi connectivity index (χ1) is 30.3. The Morgan fingerprint density at radius 2 is 0.738 bits per heavy atom. The molecule has 0 fully saturated rings. The Balaban J connectivity index is 1.27. The summed E-state index contributed by atoms with van der Waals surface area (Å²) >= 11 is 0. The van der Waals surface area contributed by atoms with E-state index >= 15 is 0 Å². The average molecular weight is 769 g/mol. The van der Waals surface area contributed by atoms with Crippen LogP contribution in [-0.2, 0) is 5.41 Å². The van der Waals surface area contributed by atoms with Gasteiger partial charge in [0, 0.05) is 0 Å². The molecule has 280 valence electrons. The normalized spacial score (nSPS) is 13.4. The van der Waals surface area contributed by atoms with Crippen LogP contribution in [0.3, 0.4) is 0 Å². The van der Waals surface area contributed by atoms with Crippen molar-refractivity contribution in [1.29, 1.82) is 0 Å². The Morgan fingerprint density at radius 3 is 1.43 bits per heavy atom. The number of hydrogen-bond donors (Lipinski definition) is 0. The Hall–Kier alpha value is -7.80. The van der Waals surface area contributed by atoms with E-state index in [2.05, 4.69) is 218 Å². The Labute approximate surface area is 353 Å². The van der Waals surface area contributed by atoms with Gasteiger partial charge in [-0.2, -0.15) is 0 Å². The molecule has 0 spiro atoms. The first-order valence-electron chi connectivity index (χ1n) is 21.4. The third-order valence-corrected chi connectivity index (χ3v) is 14.2. The summed E-state index contributed by atoms with van der Waals surface area (Å²) in [6.07, 6.45) is 0. The molecule has 61 heavy (non-hydrogen) atoms. The fraction of sp³-hybridized carbons (Fsp3) is 0.0164. The van der Waals surface area contributed by atoms with Gasteiger partial charge in [0.05, 0.1) is 5.41 Å². The van der Waals surface area contributed by atoms with E-state index in [0.717, 1.165) is 0 Å². The van der Waals surface area contributed by atoms with Gasteiger partial charge in [-0.15, -0.1) is 0 Å². The highest BCUT2D eigenvalue weighted by Crippen LogP contribution is 2.60. The zero-order chi connectivity index (χ0) is 39.8. The van der Waals surface area contributed by atoms with Gasteiger partial charge in [0.1, 0.15) is 0 Å². The van der Waals surface area contributed by atoms with E-state index in [1.54, 1.807) is 0 Å². The average Bonchev–Trinajstić information content (AvgIpc) is 3.84. The van der Waals surface area contributed by atoms with Gasteiger partial charge >= 0.3 is 0 Å². The predicted octanol–water partition coefficient (Wildman–Crippen LogP) is 16.3. The summed E-state index contributed by atoms with van der Waals surface area (Å²) in [6, 6.07) is 82.3. The zero-order valence-corrected chi connectivity index (χ0v) is 33.3. The van der Waals surface area contributed by atoms with E-state index in [1.165, 1.54) is 131 Å². The first-order valence-corrected chi connectivity index (χ1v) is 21.4. The second kappa shape index (κ2) is 12.1. The van der Waals surface area contributed by atoms with Gasteiger partial charge in [-0.05, 0) is 137 Å². The smallest absolute Gasteiger partial charge is 0.0622 e. The summed E-state index contributed by atoms with van der Waals surface area (Å²) in [6.45, 7) is 0. The molecule has 0 radical (unpaired) electrons. The molecular weight excluding hydrogens is 733 g/mol. The molecule has 1 aliphatic carbocycles. The fourth-order valence-corrected chi connectivity index (χ4v) is 12.0. The lowest BCUT2D eigenvalue weighted by Crippen LogP contribution is -2.33. The molecule has 0 heterocycles. The van der Waals surface area contributed by atoms with Crippen LogP contribution >= 0.6 is 0 Å². The Morgan fingerprint density at radius 1 is 0.230 bits per heavy atom. The SMILES string of the molecule is c1ccc(-c2c3cc4c5ccccc5c5cccc(c3c(-c3ccccc3)c3c6ccc7c8c(ccc(c23)c86)-c2ccccc2C7(c2ccccc2)c2ccccc2)c54)cc1. The van der Waals surface area contributed by atoms with Crippen molar-refractivity contribution in [2.45, 2.75) is 5.41 Å². The zero-order valence-electron chi connectivity index (χ0n) is 33.3. The summed E-state index contributed by atoms with van der Waals surface area (Å²) in [5.74, 6) is 0. The monoisotopic (exact) mass is 768 g/mol. The molecule has 0 aromatic heterocycles. The topological polar surface area (TPSA) is 0 Å². The second-order valence-electron chi connectivity index (χ2n) is 17.0. The van der Waals surface area contributed by atoms with Gasteiger partial charge in [-0.3, -0.25) is 0 Å². The molecule has 0 nitrogen and oxygen atoms in total. The molecule has 1 aliphatic rings. The fourth-order valence-electron chi connectivity index (χ4n) is 12.0. The molecular formula is C61H36. The van der Waals surface area contributed by atoms with Crippen molar-refractivity contribution in [2.24, 2.45) is 0 Å². The minimum Gasteiger partial charge on any atom is -0.0622 e. The lowest BCUT2D eigenvalue weighted by atomic mass is 9.59. The predicted molar refractivity (Wildman–Crippen MR) is 260 cm³/mol. The van der Waals surface area contributed by atoms with Crippen LogP contribution in [0.15, 0.2) is 218 Å². The number of rotatable bonds is 4. The quantitative estimate of drug-likeness (QED) is 0.156. The van der Waals surface area contributed by atoms with E-state index in [1.807, 2.05) is 0 Å². The molecule has 14 rings (SSSR count). The molecule has 0 saturated heterocycles. The van der Waals surface area contributed by atoms with Crippen molar-refractivity contribution in [1.82, 2.24) is 0 Å². The number of fused-ring (bicyclic) bond motifs is 10. The van der Waals surface area contributed by atoms with Crippen LogP contribution in [0.4, 0.5) is 0 Å². The lowest BCUT2D eigenvalue weighted by Gasteiger charge is -2.42. The maximum Gasteiger partial charge on any atom is 0.0713 e. The van der Waals surface area contributed by atoms with Gasteiger partial charge in [-0.25, -0.2) is 0 Å². The number of hydrogen-bond acceptors (Lipinski definition) is 0. The van der Waals surface area contributed by atoms with Crippen molar-refractivity contribution < 1.29 is 0 Å². The van der Waals surface area contributed by atoms with Crippen LogP contribution in [0.5, 0.6) is 0 Å². The van der Waals surface area contributed by atoms with E-state index < -0.39 is 5.41 Å². The van der Waals surface area contributed by atoms with E-state index in [4.69, 9.17) is 0 Å². The first kappa shape index (κ1) is 33.1. The minimum atomic E-state index is -0.529. The van der Waals surface area contributed by atoms with E-state index in [-0.39, 0.29) is 0 Å². The van der Waals surface area contributed by atoms with Gasteiger partial charge < -0.3 is 0 Å². The molecule has 0 amide bonds. The van der Waals surface area contributed by atoms with Crippen LogP contribution in [-0.4, -0.2) is 0 Å². The largest absolute Gasteiger partial charge is 0.0713 e. The number of benzene rings is 11. The highest BCUT2D eigenvalue weighted by atomic mass is 14.5. The lowest BCUT2D eigenvalue weighted by molar-refractivity contribution is 0.750. The maximum absolute atomic E-state index is 2.54. The maximum atomic E-state index is 2.54. The molecule has 0 N–H and O–H groups in total. The molecule has 0 heteroatoms. The summed E-state index contributed by atoms with van der Waals surface area (Å²) in [7, 11) is 0. The second-order valence-corrected chi connectivity index (χ2v) is 17.0. The molecule has 13 aromatic rings. The third-order valence-electron chi connectivity index (χ3n) is 14.2. The molecule has 0 bridgehead atoms. The minimum absolute atomic E-state index is 0.529. The Bertz CT molecular complexity index is 3840. The summed E-state index contributed by atoms with van der Waals surface area (Å²) < 4.78 is 0. The van der Waals surface area contributed by atoms with Crippen LogP contribution < -0.4 is 0 Å². The highest BCUT2D eigenvalue weighted by molar-refractivity contribution is 6.45. The van der Waals surface area contributed by atoms with Crippen LogP contribution in [0, 0.1) is 0 Å². The Kier molecular flexibility index (Phi) is 6.58. The molecule has 0 saturated carbocycles. The standard InChI is InChI=1S/C61H36/c1-5-18-37(19-6-1)53-50-36-49-42-27-14-13-26-41(42)44-29-17-30-46(55(44)49)57(50)54(38-20-7-2-8-21-38)60-48-34-35-52-58-45(32-33-47(56(48)58)59(53)60)43-28-15-16-31-51(43)61(52,39-22-9-3-10-23-39)40-24-11-4-12-25-40/h1-36H. The van der Waals surface area contributed by atoms with Crippen molar-refractivity contribution in [3.63, 3.8) is 0 Å². The van der Waals surface area contributed by atoms with Crippen molar-refractivity contribution >= 4 is 75.4 Å². The van der Waals surface area contributed by atoms with Crippen LogP contribution in [0.1, 0.15) is 22.3 Å². The van der Waals surface area contributed by atoms with Gasteiger partial charge in [-0.1, -0.05) is 212 Å². The van der Waals surface area contributed by atoms with Crippen molar-refractivity contribution in [3.8, 4) is 33.4 Å². The van der Waals surface area contributed by atoms with Crippen LogP contribution in [0.25, 0.3) is 109 Å². The van der Waals surface area contributed by atoms with Crippen molar-refractivity contribution in [3.05, 3.63) is 241 Å². The molecule has 13 aromatic carbocycles. The molecule has 0 aliphatic heterocycles.